The van der Waals surface area contributed by atoms with Gasteiger partial charge in [-0.3, -0.25) is 9.59 Å². The summed E-state index contributed by atoms with van der Waals surface area (Å²) in [5.41, 5.74) is 1.30. The van der Waals surface area contributed by atoms with E-state index in [4.69, 9.17) is 4.74 Å². The third kappa shape index (κ3) is 1.58. The zero-order valence-corrected chi connectivity index (χ0v) is 8.32. The standard InChI is InChI=1S/C11H11NO3/c1-15-11(14)9-6-12-10(13)8-5-3-2-4-7(8)9/h2-5,9H,6H2,1H3,(H,12,13)/t9-/m1/s1. The number of fused-ring (bicyclic) bond motifs is 1. The molecule has 0 radical (unpaired) electrons. The number of carbonyl (C=O) groups is 2. The molecule has 0 spiro atoms. The van der Waals surface area contributed by atoms with Gasteiger partial charge in [-0.25, -0.2) is 0 Å². The molecule has 0 aliphatic carbocycles. The molecule has 1 heterocycles. The van der Waals surface area contributed by atoms with Gasteiger partial charge in [0.25, 0.3) is 5.91 Å². The van der Waals surface area contributed by atoms with Crippen molar-refractivity contribution in [3.05, 3.63) is 35.4 Å². The van der Waals surface area contributed by atoms with Crippen molar-refractivity contribution in [3.63, 3.8) is 0 Å². The number of carbonyl (C=O) groups excluding carboxylic acids is 2. The summed E-state index contributed by atoms with van der Waals surface area (Å²) in [5.74, 6) is -0.836. The van der Waals surface area contributed by atoms with Crippen molar-refractivity contribution in [2.24, 2.45) is 0 Å². The van der Waals surface area contributed by atoms with Crippen molar-refractivity contribution >= 4 is 11.9 Å². The number of nitrogens with one attached hydrogen (secondary N) is 1. The number of amides is 1. The Morgan fingerprint density at radius 2 is 2.20 bits per heavy atom. The Balaban J connectivity index is 2.44. The summed E-state index contributed by atoms with van der Waals surface area (Å²) < 4.78 is 4.69. The Morgan fingerprint density at radius 3 is 2.93 bits per heavy atom. The number of hydrogen-bond acceptors (Lipinski definition) is 3. The molecule has 4 heteroatoms. The predicted molar refractivity (Wildman–Crippen MR) is 53.5 cm³/mol. The van der Waals surface area contributed by atoms with Crippen molar-refractivity contribution in [3.8, 4) is 0 Å². The minimum atomic E-state index is -0.385. The van der Waals surface area contributed by atoms with Crippen LogP contribution in [0.2, 0.25) is 0 Å². The summed E-state index contributed by atoms with van der Waals surface area (Å²) in [5, 5.41) is 2.66. The topological polar surface area (TPSA) is 55.4 Å². The average molecular weight is 205 g/mol. The normalized spacial score (nSPS) is 19.0. The SMILES string of the molecule is COC(=O)[C@@H]1CNC(=O)c2ccccc21. The van der Waals surface area contributed by atoms with E-state index in [-0.39, 0.29) is 17.8 Å². The summed E-state index contributed by atoms with van der Waals surface area (Å²) in [6.07, 6.45) is 0. The molecule has 0 aromatic heterocycles. The number of rotatable bonds is 1. The molecule has 1 N–H and O–H groups in total. The summed E-state index contributed by atoms with van der Waals surface area (Å²) in [4.78, 5) is 22.9. The van der Waals surface area contributed by atoms with Crippen LogP contribution in [-0.4, -0.2) is 25.5 Å². The van der Waals surface area contributed by atoms with Crippen LogP contribution in [0.25, 0.3) is 0 Å². The Bertz CT molecular complexity index is 414. The van der Waals surface area contributed by atoms with Gasteiger partial charge in [0.1, 0.15) is 0 Å². The molecule has 0 unspecified atom stereocenters. The van der Waals surface area contributed by atoms with Gasteiger partial charge in [0, 0.05) is 12.1 Å². The average Bonchev–Trinajstić information content (AvgIpc) is 2.29. The molecule has 0 bridgehead atoms. The molecular formula is C11H11NO3. The minimum absolute atomic E-state index is 0.134. The van der Waals surface area contributed by atoms with E-state index in [0.29, 0.717) is 12.1 Å². The highest BCUT2D eigenvalue weighted by Crippen LogP contribution is 2.24. The molecule has 1 aromatic rings. The number of methoxy groups -OCH3 is 1. The largest absolute Gasteiger partial charge is 0.468 e. The van der Waals surface area contributed by atoms with Crippen LogP contribution in [0.4, 0.5) is 0 Å². The summed E-state index contributed by atoms with van der Waals surface area (Å²) >= 11 is 0. The maximum atomic E-state index is 11.5. The number of ether oxygens (including phenoxy) is 1. The van der Waals surface area contributed by atoms with Crippen molar-refractivity contribution < 1.29 is 14.3 Å². The van der Waals surface area contributed by atoms with E-state index < -0.39 is 0 Å². The van der Waals surface area contributed by atoms with E-state index in [1.165, 1.54) is 7.11 Å². The lowest BCUT2D eigenvalue weighted by Crippen LogP contribution is -2.38. The van der Waals surface area contributed by atoms with Gasteiger partial charge in [0.15, 0.2) is 0 Å². The van der Waals surface area contributed by atoms with Gasteiger partial charge in [-0.05, 0) is 11.6 Å². The summed E-state index contributed by atoms with van der Waals surface area (Å²) in [6.45, 7) is 0.308. The molecule has 1 aliphatic heterocycles. The molecule has 1 atom stereocenters. The Kier molecular flexibility index (Phi) is 2.41. The van der Waals surface area contributed by atoms with Crippen LogP contribution in [-0.2, 0) is 9.53 Å². The van der Waals surface area contributed by atoms with Gasteiger partial charge in [-0.2, -0.15) is 0 Å². The zero-order chi connectivity index (χ0) is 10.8. The molecule has 1 aliphatic rings. The van der Waals surface area contributed by atoms with Crippen LogP contribution < -0.4 is 5.32 Å². The third-order valence-corrected chi connectivity index (χ3v) is 2.53. The van der Waals surface area contributed by atoms with Gasteiger partial charge in [0.2, 0.25) is 0 Å². The Hall–Kier alpha value is -1.84. The lowest BCUT2D eigenvalue weighted by Gasteiger charge is -2.23. The fraction of sp³-hybridized carbons (Fsp3) is 0.273. The van der Waals surface area contributed by atoms with Gasteiger partial charge >= 0.3 is 5.97 Å². The van der Waals surface area contributed by atoms with Crippen molar-refractivity contribution in [1.29, 1.82) is 0 Å². The smallest absolute Gasteiger partial charge is 0.314 e. The second kappa shape index (κ2) is 3.73. The summed E-state index contributed by atoms with van der Waals surface area (Å²) in [6, 6.07) is 7.08. The first-order valence-corrected chi connectivity index (χ1v) is 4.69. The van der Waals surface area contributed by atoms with Crippen LogP contribution in [0.3, 0.4) is 0 Å². The predicted octanol–water partition coefficient (Wildman–Crippen LogP) is 0.687. The van der Waals surface area contributed by atoms with Crippen LogP contribution in [0.15, 0.2) is 24.3 Å². The Morgan fingerprint density at radius 1 is 1.47 bits per heavy atom. The quantitative estimate of drug-likeness (QED) is 0.686. The van der Waals surface area contributed by atoms with E-state index in [2.05, 4.69) is 5.32 Å². The van der Waals surface area contributed by atoms with Crippen molar-refractivity contribution in [2.45, 2.75) is 5.92 Å². The van der Waals surface area contributed by atoms with Gasteiger partial charge in [-0.1, -0.05) is 18.2 Å². The van der Waals surface area contributed by atoms with Gasteiger partial charge in [0.05, 0.1) is 13.0 Å². The molecule has 0 saturated carbocycles. The zero-order valence-electron chi connectivity index (χ0n) is 8.32. The van der Waals surface area contributed by atoms with E-state index in [1.54, 1.807) is 18.2 Å². The molecule has 1 amide bonds. The highest BCUT2D eigenvalue weighted by molar-refractivity contribution is 5.99. The molecule has 0 saturated heterocycles. The summed E-state index contributed by atoms with van der Waals surface area (Å²) in [7, 11) is 1.35. The van der Waals surface area contributed by atoms with Crippen LogP contribution in [0.5, 0.6) is 0 Å². The maximum Gasteiger partial charge on any atom is 0.314 e. The van der Waals surface area contributed by atoms with Crippen LogP contribution in [0.1, 0.15) is 21.8 Å². The second-order valence-electron chi connectivity index (χ2n) is 3.37. The maximum absolute atomic E-state index is 11.5. The number of esters is 1. The Labute approximate surface area is 87.2 Å². The van der Waals surface area contributed by atoms with Gasteiger partial charge in [-0.15, -0.1) is 0 Å². The van der Waals surface area contributed by atoms with Crippen molar-refractivity contribution in [2.75, 3.05) is 13.7 Å². The fourth-order valence-corrected chi connectivity index (χ4v) is 1.76. The molecule has 15 heavy (non-hydrogen) atoms. The first-order valence-electron chi connectivity index (χ1n) is 4.69. The van der Waals surface area contributed by atoms with E-state index in [1.807, 2.05) is 6.07 Å². The van der Waals surface area contributed by atoms with Crippen molar-refractivity contribution in [1.82, 2.24) is 5.32 Å². The van der Waals surface area contributed by atoms with Crippen LogP contribution in [0, 0.1) is 0 Å². The lowest BCUT2D eigenvalue weighted by molar-refractivity contribution is -0.142. The fourth-order valence-electron chi connectivity index (χ4n) is 1.76. The van der Waals surface area contributed by atoms with Gasteiger partial charge < -0.3 is 10.1 Å². The third-order valence-electron chi connectivity index (χ3n) is 2.53. The van der Waals surface area contributed by atoms with E-state index in [0.717, 1.165) is 5.56 Å². The van der Waals surface area contributed by atoms with E-state index in [9.17, 15) is 9.59 Å². The number of benzene rings is 1. The first kappa shape index (κ1) is 9.71. The van der Waals surface area contributed by atoms with Crippen LogP contribution >= 0.6 is 0 Å². The molecule has 4 nitrogen and oxygen atoms in total. The highest BCUT2D eigenvalue weighted by atomic mass is 16.5. The highest BCUT2D eigenvalue weighted by Gasteiger charge is 2.30. The molecular weight excluding hydrogens is 194 g/mol. The van der Waals surface area contributed by atoms with E-state index >= 15 is 0 Å². The lowest BCUT2D eigenvalue weighted by atomic mass is 9.90. The molecule has 0 fully saturated rings. The minimum Gasteiger partial charge on any atom is -0.468 e. The molecule has 1 aromatic carbocycles. The number of hydrogen-bond donors (Lipinski definition) is 1. The monoisotopic (exact) mass is 205 g/mol. The molecule has 78 valence electrons. The first-order chi connectivity index (χ1) is 7.24. The second-order valence-corrected chi connectivity index (χ2v) is 3.37. The molecule has 2 rings (SSSR count).